The predicted octanol–water partition coefficient (Wildman–Crippen LogP) is 3.20. The average Bonchev–Trinajstić information content (AvgIpc) is 3.39. The molecule has 3 N–H and O–H groups in total. The number of nitrogens with one attached hydrogen (secondary N) is 1. The first-order chi connectivity index (χ1) is 10.8. The number of nitrogens with two attached hydrogens (primary N) is 1. The Morgan fingerprint density at radius 2 is 1.77 bits per heavy atom. The number of carbonyl (C=O) groups is 1. The van der Waals surface area contributed by atoms with Gasteiger partial charge in [0.2, 0.25) is 5.91 Å². The van der Waals surface area contributed by atoms with Crippen LogP contribution in [-0.2, 0) is 4.79 Å². The Kier molecular flexibility index (Phi) is 5.14. The van der Waals surface area contributed by atoms with Crippen LogP contribution in [0.3, 0.4) is 0 Å². The highest BCUT2D eigenvalue weighted by Crippen LogP contribution is 2.37. The summed E-state index contributed by atoms with van der Waals surface area (Å²) in [6, 6.07) is 11.0. The number of hydrogen-bond acceptors (Lipinski definition) is 2. The number of carbonyl (C=O) groups excluding carboxylic acids is 1. The Bertz CT molecular complexity index is 475. The molecule has 0 aliphatic heterocycles. The van der Waals surface area contributed by atoms with Gasteiger partial charge < -0.3 is 11.1 Å². The van der Waals surface area contributed by atoms with Crippen molar-refractivity contribution in [3.63, 3.8) is 0 Å². The first-order valence-electron chi connectivity index (χ1n) is 8.80. The molecule has 22 heavy (non-hydrogen) atoms. The van der Waals surface area contributed by atoms with Crippen LogP contribution in [-0.4, -0.2) is 18.5 Å². The lowest BCUT2D eigenvalue weighted by atomic mass is 9.77. The van der Waals surface area contributed by atoms with Crippen molar-refractivity contribution in [2.75, 3.05) is 6.54 Å². The quantitative estimate of drug-likeness (QED) is 0.847. The third-order valence-corrected chi connectivity index (χ3v) is 5.38. The Balaban J connectivity index is 1.42. The summed E-state index contributed by atoms with van der Waals surface area (Å²) >= 11 is 0. The maximum absolute atomic E-state index is 12.2. The zero-order chi connectivity index (χ0) is 15.4. The van der Waals surface area contributed by atoms with Crippen LogP contribution in [0.4, 0.5) is 0 Å². The Hall–Kier alpha value is -1.35. The molecule has 0 heterocycles. The molecule has 1 unspecified atom stereocenters. The van der Waals surface area contributed by atoms with Gasteiger partial charge in [0.25, 0.3) is 0 Å². The van der Waals surface area contributed by atoms with Gasteiger partial charge in [-0.2, -0.15) is 0 Å². The molecule has 0 saturated heterocycles. The smallest absolute Gasteiger partial charge is 0.220 e. The van der Waals surface area contributed by atoms with Gasteiger partial charge in [0.05, 0.1) is 0 Å². The molecule has 3 nitrogen and oxygen atoms in total. The van der Waals surface area contributed by atoms with Gasteiger partial charge in [0, 0.05) is 19.0 Å². The maximum atomic E-state index is 12.2. The highest BCUT2D eigenvalue weighted by Gasteiger charge is 2.32. The zero-order valence-electron chi connectivity index (χ0n) is 13.3. The summed E-state index contributed by atoms with van der Waals surface area (Å²) in [7, 11) is 0. The van der Waals surface area contributed by atoms with Gasteiger partial charge in [-0.25, -0.2) is 0 Å². The van der Waals surface area contributed by atoms with E-state index in [0.717, 1.165) is 0 Å². The second-order valence-electron chi connectivity index (χ2n) is 7.08. The van der Waals surface area contributed by atoms with Gasteiger partial charge in [-0.15, -0.1) is 0 Å². The topological polar surface area (TPSA) is 55.1 Å². The molecule has 1 aromatic rings. The summed E-state index contributed by atoms with van der Waals surface area (Å²) in [6.07, 6.45) is 7.91. The average molecular weight is 300 g/mol. The van der Waals surface area contributed by atoms with Crippen molar-refractivity contribution in [2.45, 2.75) is 56.9 Å². The highest BCUT2D eigenvalue weighted by atomic mass is 16.1. The molecule has 1 aromatic carbocycles. The third kappa shape index (κ3) is 4.10. The SMILES string of the molecule is NCC(NC(=O)CC1CCC(c2ccccc2)CC1)C1CC1. The summed E-state index contributed by atoms with van der Waals surface area (Å²) < 4.78 is 0. The van der Waals surface area contributed by atoms with Crippen molar-refractivity contribution in [3.05, 3.63) is 35.9 Å². The van der Waals surface area contributed by atoms with Gasteiger partial charge in [0.15, 0.2) is 0 Å². The van der Waals surface area contributed by atoms with Crippen LogP contribution in [0.5, 0.6) is 0 Å². The van der Waals surface area contributed by atoms with Gasteiger partial charge >= 0.3 is 0 Å². The normalized spacial score (nSPS) is 26.4. The minimum Gasteiger partial charge on any atom is -0.352 e. The molecule has 0 aromatic heterocycles. The molecule has 1 atom stereocenters. The Morgan fingerprint density at radius 1 is 1.09 bits per heavy atom. The van der Waals surface area contributed by atoms with Crippen LogP contribution in [0.15, 0.2) is 30.3 Å². The van der Waals surface area contributed by atoms with Crippen LogP contribution in [0.2, 0.25) is 0 Å². The van der Waals surface area contributed by atoms with Gasteiger partial charge in [-0.3, -0.25) is 4.79 Å². The number of rotatable bonds is 6. The summed E-state index contributed by atoms with van der Waals surface area (Å²) in [5, 5.41) is 3.15. The lowest BCUT2D eigenvalue weighted by Gasteiger charge is -2.29. The Morgan fingerprint density at radius 3 is 2.36 bits per heavy atom. The zero-order valence-corrected chi connectivity index (χ0v) is 13.3. The first kappa shape index (κ1) is 15.5. The molecule has 0 radical (unpaired) electrons. The van der Waals surface area contributed by atoms with E-state index in [1.54, 1.807) is 0 Å². The van der Waals surface area contributed by atoms with Gasteiger partial charge in [-0.05, 0) is 61.8 Å². The van der Waals surface area contributed by atoms with Crippen molar-refractivity contribution in [3.8, 4) is 0 Å². The summed E-state index contributed by atoms with van der Waals surface area (Å²) in [4.78, 5) is 12.2. The molecule has 3 rings (SSSR count). The third-order valence-electron chi connectivity index (χ3n) is 5.38. The van der Waals surface area contributed by atoms with E-state index < -0.39 is 0 Å². The molecule has 2 saturated carbocycles. The van der Waals surface area contributed by atoms with E-state index in [0.29, 0.717) is 30.7 Å². The summed E-state index contributed by atoms with van der Waals surface area (Å²) in [5.74, 6) is 2.09. The van der Waals surface area contributed by atoms with E-state index in [1.165, 1.54) is 44.1 Å². The van der Waals surface area contributed by atoms with Crippen LogP contribution >= 0.6 is 0 Å². The molecule has 2 aliphatic carbocycles. The predicted molar refractivity (Wildman–Crippen MR) is 89.5 cm³/mol. The second-order valence-corrected chi connectivity index (χ2v) is 7.08. The second kappa shape index (κ2) is 7.28. The fraction of sp³-hybridized carbons (Fsp3) is 0.632. The molecule has 120 valence electrons. The van der Waals surface area contributed by atoms with Crippen LogP contribution in [0.25, 0.3) is 0 Å². The monoisotopic (exact) mass is 300 g/mol. The number of hydrogen-bond donors (Lipinski definition) is 2. The van der Waals surface area contributed by atoms with E-state index in [1.807, 2.05) is 0 Å². The molecular formula is C19H28N2O. The maximum Gasteiger partial charge on any atom is 0.220 e. The largest absolute Gasteiger partial charge is 0.352 e. The van der Waals surface area contributed by atoms with E-state index in [4.69, 9.17) is 5.73 Å². The van der Waals surface area contributed by atoms with Crippen molar-refractivity contribution in [2.24, 2.45) is 17.6 Å². The van der Waals surface area contributed by atoms with Crippen LogP contribution in [0, 0.1) is 11.8 Å². The first-order valence-corrected chi connectivity index (χ1v) is 8.80. The van der Waals surface area contributed by atoms with Crippen molar-refractivity contribution < 1.29 is 4.79 Å². The molecular weight excluding hydrogens is 272 g/mol. The van der Waals surface area contributed by atoms with Crippen molar-refractivity contribution >= 4 is 5.91 Å². The standard InChI is InChI=1S/C19H28N2O/c20-13-18(17-10-11-17)21-19(22)12-14-6-8-16(9-7-14)15-4-2-1-3-5-15/h1-5,14,16-18H,6-13,20H2,(H,21,22). The summed E-state index contributed by atoms with van der Waals surface area (Å²) in [5.41, 5.74) is 7.22. The highest BCUT2D eigenvalue weighted by molar-refractivity contribution is 5.76. The molecule has 1 amide bonds. The Labute approximate surface area is 133 Å². The molecule has 3 heteroatoms. The molecule has 0 spiro atoms. The van der Waals surface area contributed by atoms with E-state index in [-0.39, 0.29) is 11.9 Å². The van der Waals surface area contributed by atoms with Crippen molar-refractivity contribution in [1.29, 1.82) is 0 Å². The van der Waals surface area contributed by atoms with Gasteiger partial charge in [0.1, 0.15) is 0 Å². The summed E-state index contributed by atoms with van der Waals surface area (Å²) in [6.45, 7) is 0.581. The van der Waals surface area contributed by atoms with E-state index >= 15 is 0 Å². The molecule has 2 fully saturated rings. The van der Waals surface area contributed by atoms with E-state index in [2.05, 4.69) is 35.6 Å². The molecule has 2 aliphatic rings. The minimum atomic E-state index is 0.213. The van der Waals surface area contributed by atoms with Crippen molar-refractivity contribution in [1.82, 2.24) is 5.32 Å². The number of benzene rings is 1. The lowest BCUT2D eigenvalue weighted by molar-refractivity contribution is -0.123. The fourth-order valence-electron chi connectivity index (χ4n) is 3.82. The molecule has 0 bridgehead atoms. The fourth-order valence-corrected chi connectivity index (χ4v) is 3.82. The van der Waals surface area contributed by atoms with Gasteiger partial charge in [-0.1, -0.05) is 30.3 Å². The lowest BCUT2D eigenvalue weighted by Crippen LogP contribution is -2.42. The minimum absolute atomic E-state index is 0.213. The van der Waals surface area contributed by atoms with Crippen LogP contribution in [0.1, 0.15) is 56.4 Å². The number of amides is 1. The van der Waals surface area contributed by atoms with Crippen LogP contribution < -0.4 is 11.1 Å². The van der Waals surface area contributed by atoms with E-state index in [9.17, 15) is 4.79 Å².